The van der Waals surface area contributed by atoms with Gasteiger partial charge in [0.15, 0.2) is 0 Å². The van der Waals surface area contributed by atoms with Gasteiger partial charge in [-0.05, 0) is 36.2 Å². The Morgan fingerprint density at radius 2 is 2.09 bits per heavy atom. The quantitative estimate of drug-likeness (QED) is 0.800. The van der Waals surface area contributed by atoms with Crippen molar-refractivity contribution in [3.05, 3.63) is 58.1 Å². The molecule has 7 heteroatoms. The van der Waals surface area contributed by atoms with Crippen LogP contribution in [-0.2, 0) is 13.6 Å². The van der Waals surface area contributed by atoms with Crippen molar-refractivity contribution in [2.24, 2.45) is 7.05 Å². The van der Waals surface area contributed by atoms with Crippen LogP contribution in [0.15, 0.2) is 36.7 Å². The van der Waals surface area contributed by atoms with Gasteiger partial charge >= 0.3 is 0 Å². The number of nitrogens with one attached hydrogen (secondary N) is 1. The number of hydrogen-bond donors (Lipinski definition) is 1. The summed E-state index contributed by atoms with van der Waals surface area (Å²) in [4.78, 5) is 18.0. The minimum atomic E-state index is -0.275. The Hall–Kier alpha value is -2.54. The number of aromatic nitrogens is 3. The molecule has 118 valence electrons. The zero-order valence-electron chi connectivity index (χ0n) is 12.7. The van der Waals surface area contributed by atoms with Crippen molar-refractivity contribution in [2.45, 2.75) is 13.5 Å². The average Bonchev–Trinajstić information content (AvgIpc) is 3.12. The summed E-state index contributed by atoms with van der Waals surface area (Å²) in [5.41, 5.74) is 1.84. The van der Waals surface area contributed by atoms with Crippen LogP contribution in [0, 0.1) is 12.7 Å². The molecule has 0 unspecified atom stereocenters. The van der Waals surface area contributed by atoms with E-state index in [2.05, 4.69) is 15.4 Å². The highest BCUT2D eigenvalue weighted by molar-refractivity contribution is 7.14. The van der Waals surface area contributed by atoms with Crippen molar-refractivity contribution >= 4 is 17.2 Å². The maximum Gasteiger partial charge on any atom is 0.261 e. The summed E-state index contributed by atoms with van der Waals surface area (Å²) >= 11 is 1.41. The van der Waals surface area contributed by atoms with Crippen LogP contribution in [0.1, 0.15) is 20.4 Å². The third-order valence-corrected chi connectivity index (χ3v) is 4.56. The second-order valence-corrected chi connectivity index (χ2v) is 6.33. The van der Waals surface area contributed by atoms with Crippen molar-refractivity contribution in [3.8, 4) is 11.1 Å². The number of rotatable bonds is 4. The summed E-state index contributed by atoms with van der Waals surface area (Å²) in [6, 6.07) is 8.09. The highest BCUT2D eigenvalue weighted by atomic mass is 32.1. The normalized spacial score (nSPS) is 10.7. The van der Waals surface area contributed by atoms with Crippen molar-refractivity contribution < 1.29 is 9.18 Å². The smallest absolute Gasteiger partial charge is 0.261 e. The Labute approximate surface area is 136 Å². The molecule has 3 rings (SSSR count). The number of hydrogen-bond acceptors (Lipinski definition) is 4. The highest BCUT2D eigenvalue weighted by Gasteiger charge is 2.14. The molecule has 5 nitrogen and oxygen atoms in total. The topological polar surface area (TPSA) is 59.8 Å². The van der Waals surface area contributed by atoms with Gasteiger partial charge in [-0.15, -0.1) is 11.3 Å². The Balaban J connectivity index is 1.76. The van der Waals surface area contributed by atoms with Gasteiger partial charge in [-0.1, -0.05) is 12.1 Å². The van der Waals surface area contributed by atoms with E-state index in [1.807, 2.05) is 13.0 Å². The van der Waals surface area contributed by atoms with Gasteiger partial charge < -0.3 is 5.32 Å². The van der Waals surface area contributed by atoms with E-state index in [1.54, 1.807) is 23.9 Å². The van der Waals surface area contributed by atoms with Gasteiger partial charge in [0.05, 0.1) is 11.4 Å². The number of amides is 1. The fourth-order valence-corrected chi connectivity index (χ4v) is 3.19. The third-order valence-electron chi connectivity index (χ3n) is 3.51. The van der Waals surface area contributed by atoms with E-state index < -0.39 is 0 Å². The lowest BCUT2D eigenvalue weighted by Crippen LogP contribution is -2.23. The Kier molecular flexibility index (Phi) is 4.20. The highest BCUT2D eigenvalue weighted by Crippen LogP contribution is 2.31. The zero-order valence-corrected chi connectivity index (χ0v) is 13.5. The van der Waals surface area contributed by atoms with Crippen LogP contribution in [0.25, 0.3) is 11.1 Å². The van der Waals surface area contributed by atoms with E-state index in [1.165, 1.54) is 29.8 Å². The van der Waals surface area contributed by atoms with E-state index in [0.29, 0.717) is 17.2 Å². The molecule has 0 radical (unpaired) electrons. The summed E-state index contributed by atoms with van der Waals surface area (Å²) < 4.78 is 14.6. The largest absolute Gasteiger partial charge is 0.344 e. The summed E-state index contributed by atoms with van der Waals surface area (Å²) in [7, 11) is 1.77. The molecule has 1 aromatic carbocycles. The lowest BCUT2D eigenvalue weighted by atomic mass is 10.1. The molecule has 2 heterocycles. The Morgan fingerprint density at radius 1 is 1.35 bits per heavy atom. The number of aryl methyl sites for hydroxylation is 2. The molecule has 0 fully saturated rings. The van der Waals surface area contributed by atoms with Gasteiger partial charge in [-0.2, -0.15) is 5.10 Å². The van der Waals surface area contributed by atoms with E-state index in [4.69, 9.17) is 0 Å². The van der Waals surface area contributed by atoms with Gasteiger partial charge in [-0.25, -0.2) is 9.37 Å². The monoisotopic (exact) mass is 330 g/mol. The number of carbonyl (C=O) groups excluding carboxylic acids is 1. The van der Waals surface area contributed by atoms with Crippen LogP contribution in [-0.4, -0.2) is 20.7 Å². The predicted molar refractivity (Wildman–Crippen MR) is 86.6 cm³/mol. The van der Waals surface area contributed by atoms with Crippen LogP contribution in [0.3, 0.4) is 0 Å². The molecule has 1 N–H and O–H groups in total. The summed E-state index contributed by atoms with van der Waals surface area (Å²) in [5.74, 6) is 0.253. The molecule has 0 atom stereocenters. The molecule has 0 spiro atoms. The molecular formula is C16H15FN4OS. The first-order chi connectivity index (χ1) is 11.0. The number of thiophene rings is 1. The first-order valence-corrected chi connectivity index (χ1v) is 7.83. The molecule has 0 aliphatic heterocycles. The minimum absolute atomic E-state index is 0.158. The molecule has 23 heavy (non-hydrogen) atoms. The Morgan fingerprint density at radius 3 is 2.74 bits per heavy atom. The van der Waals surface area contributed by atoms with E-state index in [9.17, 15) is 9.18 Å². The van der Waals surface area contributed by atoms with Crippen LogP contribution in [0.5, 0.6) is 0 Å². The standard InChI is InChI=1S/C16H15FN4OS/c1-10-13(11-3-5-12(17)6-4-11)7-14(23-10)16(22)18-8-15-19-9-20-21(15)2/h3-7,9H,8H2,1-2H3,(H,18,22). The molecule has 3 aromatic rings. The maximum atomic E-state index is 13.0. The predicted octanol–water partition coefficient (Wildman–Crippen LogP) is 2.92. The molecule has 0 saturated carbocycles. The van der Waals surface area contributed by atoms with Crippen molar-refractivity contribution in [2.75, 3.05) is 0 Å². The lowest BCUT2D eigenvalue weighted by Gasteiger charge is -2.02. The SMILES string of the molecule is Cc1sc(C(=O)NCc2ncnn2C)cc1-c1ccc(F)cc1. The second-order valence-electron chi connectivity index (χ2n) is 5.07. The summed E-state index contributed by atoms with van der Waals surface area (Å²) in [6.45, 7) is 2.26. The van der Waals surface area contributed by atoms with Crippen LogP contribution < -0.4 is 5.32 Å². The number of nitrogens with zero attached hydrogens (tertiary/aromatic N) is 3. The van der Waals surface area contributed by atoms with E-state index >= 15 is 0 Å². The summed E-state index contributed by atoms with van der Waals surface area (Å²) in [6.07, 6.45) is 1.45. The van der Waals surface area contributed by atoms with Gasteiger partial charge in [0, 0.05) is 11.9 Å². The molecule has 0 bridgehead atoms. The van der Waals surface area contributed by atoms with Gasteiger partial charge in [0.2, 0.25) is 0 Å². The fraction of sp³-hybridized carbons (Fsp3) is 0.188. The molecule has 2 aromatic heterocycles. The number of benzene rings is 1. The maximum absolute atomic E-state index is 13.0. The van der Waals surface area contributed by atoms with Crippen LogP contribution in [0.4, 0.5) is 4.39 Å². The van der Waals surface area contributed by atoms with Crippen molar-refractivity contribution in [1.82, 2.24) is 20.1 Å². The van der Waals surface area contributed by atoms with Gasteiger partial charge in [-0.3, -0.25) is 9.48 Å². The molecule has 1 amide bonds. The summed E-state index contributed by atoms with van der Waals surface area (Å²) in [5, 5.41) is 6.79. The van der Waals surface area contributed by atoms with Crippen LogP contribution in [0.2, 0.25) is 0 Å². The number of carbonyl (C=O) groups is 1. The van der Waals surface area contributed by atoms with Crippen molar-refractivity contribution in [1.29, 1.82) is 0 Å². The lowest BCUT2D eigenvalue weighted by molar-refractivity contribution is 0.0953. The second kappa shape index (κ2) is 6.29. The first-order valence-electron chi connectivity index (χ1n) is 7.02. The first kappa shape index (κ1) is 15.4. The van der Waals surface area contributed by atoms with Crippen molar-refractivity contribution in [3.63, 3.8) is 0 Å². The van der Waals surface area contributed by atoms with E-state index in [-0.39, 0.29) is 11.7 Å². The molecule has 0 aliphatic rings. The molecular weight excluding hydrogens is 315 g/mol. The average molecular weight is 330 g/mol. The zero-order chi connectivity index (χ0) is 16.4. The van der Waals surface area contributed by atoms with Gasteiger partial charge in [0.1, 0.15) is 18.0 Å². The molecule has 0 saturated heterocycles. The minimum Gasteiger partial charge on any atom is -0.344 e. The fourth-order valence-electron chi connectivity index (χ4n) is 2.24. The van der Waals surface area contributed by atoms with Crippen LogP contribution >= 0.6 is 11.3 Å². The Bertz CT molecular complexity index is 838. The molecule has 0 aliphatic carbocycles. The van der Waals surface area contributed by atoms with E-state index in [0.717, 1.165) is 16.0 Å². The third kappa shape index (κ3) is 3.29. The number of halogens is 1. The van der Waals surface area contributed by atoms with Gasteiger partial charge in [0.25, 0.3) is 5.91 Å².